The molecule has 0 heterocycles. The van der Waals surface area contributed by atoms with Crippen molar-refractivity contribution in [2.75, 3.05) is 19.4 Å². The van der Waals surface area contributed by atoms with Gasteiger partial charge in [-0.15, -0.1) is 0 Å². The molecule has 24 heavy (non-hydrogen) atoms. The van der Waals surface area contributed by atoms with Gasteiger partial charge in [0.2, 0.25) is 0 Å². The highest BCUT2D eigenvalue weighted by atomic mass is 32.2. The fraction of sp³-hybridized carbons (Fsp3) is 0.429. The Bertz CT molecular complexity index is 756. The van der Waals surface area contributed by atoms with E-state index in [-0.39, 0.29) is 11.5 Å². The van der Waals surface area contributed by atoms with Gasteiger partial charge in [-0.3, -0.25) is 14.9 Å². The summed E-state index contributed by atoms with van der Waals surface area (Å²) in [4.78, 5) is 32.9. The average molecular weight is 358 g/mol. The third-order valence-electron chi connectivity index (χ3n) is 2.83. The molecule has 0 fully saturated rings. The number of hydrogen-bond donors (Lipinski definition) is 1. The Balaban J connectivity index is 2.87. The van der Waals surface area contributed by atoms with Gasteiger partial charge in [-0.25, -0.2) is 13.2 Å². The van der Waals surface area contributed by atoms with Crippen LogP contribution in [0, 0.1) is 16.0 Å². The summed E-state index contributed by atoms with van der Waals surface area (Å²) in [5, 5.41) is 13.5. The van der Waals surface area contributed by atoms with Crippen LogP contribution < -0.4 is 5.32 Å². The molecule has 1 aromatic carbocycles. The normalized spacial score (nSPS) is 11.2. The third kappa shape index (κ3) is 5.61. The van der Waals surface area contributed by atoms with Crippen molar-refractivity contribution in [3.63, 3.8) is 0 Å². The number of sulfone groups is 1. The van der Waals surface area contributed by atoms with Crippen LogP contribution in [0.2, 0.25) is 0 Å². The van der Waals surface area contributed by atoms with Crippen LogP contribution in [0.3, 0.4) is 0 Å². The van der Waals surface area contributed by atoms with Crippen LogP contribution in [0.25, 0.3) is 0 Å². The first-order valence-corrected chi connectivity index (χ1v) is 8.84. The molecule has 0 saturated carbocycles. The van der Waals surface area contributed by atoms with Gasteiger partial charge in [-0.05, 0) is 18.1 Å². The molecule has 132 valence electrons. The molecular formula is C14H18N2O7S. The van der Waals surface area contributed by atoms with Crippen LogP contribution in [0.4, 0.5) is 5.69 Å². The first-order valence-electron chi connectivity index (χ1n) is 6.94. The molecule has 0 aliphatic rings. The quantitative estimate of drug-likeness (QED) is 0.435. The highest BCUT2D eigenvalue weighted by molar-refractivity contribution is 7.90. The minimum atomic E-state index is -3.82. The van der Waals surface area contributed by atoms with Gasteiger partial charge in [-0.1, -0.05) is 13.8 Å². The van der Waals surface area contributed by atoms with Crippen LogP contribution >= 0.6 is 0 Å². The van der Waals surface area contributed by atoms with Gasteiger partial charge in [0, 0.05) is 18.9 Å². The minimum absolute atomic E-state index is 0.217. The van der Waals surface area contributed by atoms with Gasteiger partial charge in [0.15, 0.2) is 16.4 Å². The standard InChI is InChI=1S/C14H18N2O7S/c1-9(2)7-15-13(17)8-23-14(18)10-4-5-12(24(3,21)22)11(6-10)16(19)20/h4-6,9H,7-8H2,1-3H3,(H,15,17). The van der Waals surface area contributed by atoms with E-state index < -0.39 is 43.8 Å². The zero-order chi connectivity index (χ0) is 18.5. The van der Waals surface area contributed by atoms with Crippen molar-refractivity contribution in [1.29, 1.82) is 0 Å². The molecule has 0 unspecified atom stereocenters. The number of nitro benzene ring substituents is 1. The third-order valence-corrected chi connectivity index (χ3v) is 3.98. The summed E-state index contributed by atoms with van der Waals surface area (Å²) in [6.45, 7) is 3.68. The van der Waals surface area contributed by atoms with E-state index in [1.54, 1.807) is 0 Å². The summed E-state index contributed by atoms with van der Waals surface area (Å²) in [5.74, 6) is -1.23. The van der Waals surface area contributed by atoms with Crippen LogP contribution in [-0.4, -0.2) is 44.6 Å². The van der Waals surface area contributed by atoms with Crippen molar-refractivity contribution in [1.82, 2.24) is 5.32 Å². The van der Waals surface area contributed by atoms with Crippen molar-refractivity contribution in [3.8, 4) is 0 Å². The molecule has 0 aliphatic heterocycles. The molecule has 9 nitrogen and oxygen atoms in total. The summed E-state index contributed by atoms with van der Waals surface area (Å²) in [6.07, 6.45) is 0.826. The Kier molecular flexibility index (Phi) is 6.41. The van der Waals surface area contributed by atoms with E-state index in [2.05, 4.69) is 5.32 Å². The molecular weight excluding hydrogens is 340 g/mol. The van der Waals surface area contributed by atoms with Gasteiger partial charge in [-0.2, -0.15) is 0 Å². The van der Waals surface area contributed by atoms with Gasteiger partial charge in [0.05, 0.1) is 10.5 Å². The summed E-state index contributed by atoms with van der Waals surface area (Å²) in [5.41, 5.74) is -0.943. The second-order valence-corrected chi connectivity index (χ2v) is 7.47. The summed E-state index contributed by atoms with van der Waals surface area (Å²) in [6, 6.07) is 2.87. The minimum Gasteiger partial charge on any atom is -0.452 e. The molecule has 0 spiro atoms. The first-order chi connectivity index (χ1) is 11.0. The second-order valence-electron chi connectivity index (χ2n) is 5.49. The summed E-state index contributed by atoms with van der Waals surface area (Å²) < 4.78 is 27.8. The smallest absolute Gasteiger partial charge is 0.338 e. The molecule has 0 radical (unpaired) electrons. The Morgan fingerprint density at radius 2 is 1.96 bits per heavy atom. The molecule has 1 aromatic rings. The van der Waals surface area contributed by atoms with Crippen LogP contribution in [-0.2, 0) is 19.4 Å². The molecule has 1 N–H and O–H groups in total. The summed E-state index contributed by atoms with van der Waals surface area (Å²) >= 11 is 0. The van der Waals surface area contributed by atoms with Gasteiger partial charge < -0.3 is 10.1 Å². The van der Waals surface area contributed by atoms with Crippen LogP contribution in [0.1, 0.15) is 24.2 Å². The molecule has 1 amide bonds. The van der Waals surface area contributed by atoms with Crippen molar-refractivity contribution in [3.05, 3.63) is 33.9 Å². The number of rotatable bonds is 7. The van der Waals surface area contributed by atoms with Gasteiger partial charge in [0.25, 0.3) is 11.6 Å². The Labute approximate surface area is 139 Å². The lowest BCUT2D eigenvalue weighted by Gasteiger charge is -2.08. The van der Waals surface area contributed by atoms with E-state index in [9.17, 15) is 28.1 Å². The number of amides is 1. The topological polar surface area (TPSA) is 133 Å². The Hall–Kier alpha value is -2.49. The number of nitrogens with one attached hydrogen (secondary N) is 1. The molecule has 10 heteroatoms. The fourth-order valence-electron chi connectivity index (χ4n) is 1.68. The largest absolute Gasteiger partial charge is 0.452 e. The highest BCUT2D eigenvalue weighted by Crippen LogP contribution is 2.25. The molecule has 0 aromatic heterocycles. The molecule has 0 saturated heterocycles. The van der Waals surface area contributed by atoms with Crippen molar-refractivity contribution in [2.24, 2.45) is 5.92 Å². The number of carbonyl (C=O) groups is 2. The van der Waals surface area contributed by atoms with E-state index in [1.165, 1.54) is 0 Å². The fourth-order valence-corrected chi connectivity index (χ4v) is 2.51. The number of esters is 1. The molecule has 0 bridgehead atoms. The number of benzene rings is 1. The van der Waals surface area contributed by atoms with Crippen LogP contribution in [0.5, 0.6) is 0 Å². The Morgan fingerprint density at radius 1 is 1.33 bits per heavy atom. The highest BCUT2D eigenvalue weighted by Gasteiger charge is 2.24. The van der Waals surface area contributed by atoms with Crippen molar-refractivity contribution < 1.29 is 27.7 Å². The molecule has 0 aliphatic carbocycles. The molecule has 0 atom stereocenters. The maximum atomic E-state index is 11.8. The second kappa shape index (κ2) is 7.86. The number of ether oxygens (including phenoxy) is 1. The van der Waals surface area contributed by atoms with E-state index in [0.29, 0.717) is 6.54 Å². The van der Waals surface area contributed by atoms with E-state index in [0.717, 1.165) is 24.5 Å². The predicted octanol–water partition coefficient (Wildman–Crippen LogP) is 0.927. The van der Waals surface area contributed by atoms with Gasteiger partial charge in [0.1, 0.15) is 4.90 Å². The maximum absolute atomic E-state index is 11.8. The molecule has 1 rings (SSSR count). The lowest BCUT2D eigenvalue weighted by molar-refractivity contribution is -0.387. The number of nitro groups is 1. The number of hydrogen-bond acceptors (Lipinski definition) is 7. The maximum Gasteiger partial charge on any atom is 0.338 e. The summed E-state index contributed by atoms with van der Waals surface area (Å²) in [7, 11) is -3.82. The monoisotopic (exact) mass is 358 g/mol. The van der Waals surface area contributed by atoms with E-state index in [4.69, 9.17) is 4.74 Å². The zero-order valence-electron chi connectivity index (χ0n) is 13.4. The van der Waals surface area contributed by atoms with E-state index >= 15 is 0 Å². The number of carbonyl (C=O) groups excluding carboxylic acids is 2. The zero-order valence-corrected chi connectivity index (χ0v) is 14.3. The SMILES string of the molecule is CC(C)CNC(=O)COC(=O)c1ccc(S(C)(=O)=O)c([N+](=O)[O-])c1. The van der Waals surface area contributed by atoms with Crippen LogP contribution in [0.15, 0.2) is 23.1 Å². The average Bonchev–Trinajstić information content (AvgIpc) is 2.48. The first kappa shape index (κ1) is 19.6. The predicted molar refractivity (Wildman–Crippen MR) is 84.3 cm³/mol. The van der Waals surface area contributed by atoms with Crippen molar-refractivity contribution >= 4 is 27.4 Å². The number of nitrogens with zero attached hydrogens (tertiary/aromatic N) is 1. The lowest BCUT2D eigenvalue weighted by Crippen LogP contribution is -2.31. The van der Waals surface area contributed by atoms with E-state index in [1.807, 2.05) is 13.8 Å². The van der Waals surface area contributed by atoms with Crippen molar-refractivity contribution in [2.45, 2.75) is 18.7 Å². The van der Waals surface area contributed by atoms with Gasteiger partial charge >= 0.3 is 5.97 Å². The Morgan fingerprint density at radius 3 is 2.46 bits per heavy atom. The lowest BCUT2D eigenvalue weighted by atomic mass is 10.2.